The molecule has 14 nitrogen and oxygen atoms in total. The number of Topliss-reactive ketones (excluding diaryl/α,β-unsaturated/α-hetero) is 1. The van der Waals surface area contributed by atoms with Gasteiger partial charge in [-0.3, -0.25) is 24.0 Å². The number of aryl methyl sites for hydroxylation is 3. The van der Waals surface area contributed by atoms with Crippen molar-refractivity contribution in [2.75, 3.05) is 51.3 Å². The van der Waals surface area contributed by atoms with E-state index < -0.39 is 0 Å². The van der Waals surface area contributed by atoms with Crippen LogP contribution in [0.4, 0.5) is 5.82 Å². The van der Waals surface area contributed by atoms with Crippen LogP contribution in [0.1, 0.15) is 117 Å². The van der Waals surface area contributed by atoms with Crippen LogP contribution in [0.5, 0.6) is 5.75 Å². The fraction of sp³-hybridized carbons (Fsp3) is 0.500. The lowest BCUT2D eigenvalue weighted by Gasteiger charge is -2.37. The molecule has 0 saturated carbocycles. The van der Waals surface area contributed by atoms with Gasteiger partial charge < -0.3 is 38.5 Å². The number of fused-ring (bicyclic) bond motifs is 4. The summed E-state index contributed by atoms with van der Waals surface area (Å²) in [4.78, 5) is 37.7. The average molecular weight is 1090 g/mol. The van der Waals surface area contributed by atoms with Crippen molar-refractivity contribution in [2.24, 2.45) is 16.8 Å². The van der Waals surface area contributed by atoms with Crippen molar-refractivity contribution >= 4 is 51.8 Å². The molecule has 0 unspecified atom stereocenters. The van der Waals surface area contributed by atoms with Crippen LogP contribution >= 0.6 is 22.9 Å². The molecule has 2 saturated heterocycles. The normalized spacial score (nSPS) is 17.6. The van der Waals surface area contributed by atoms with Gasteiger partial charge >= 0.3 is 5.65 Å². The molecule has 7 heterocycles. The maximum atomic E-state index is 12.7. The van der Waals surface area contributed by atoms with E-state index in [0.717, 1.165) is 109 Å². The molecule has 69 heavy (non-hydrogen) atoms. The van der Waals surface area contributed by atoms with E-state index in [-0.39, 0.29) is 47.8 Å². The molecule has 9 rings (SSSR count). The number of halogens is 2. The Morgan fingerprint density at radius 3 is 2.29 bits per heavy atom. The molecule has 3 aliphatic heterocycles. The van der Waals surface area contributed by atoms with Crippen molar-refractivity contribution < 1.29 is 43.0 Å². The van der Waals surface area contributed by atoms with Gasteiger partial charge in [-0.05, 0) is 105 Å². The van der Waals surface area contributed by atoms with Gasteiger partial charge in [0.25, 0.3) is 5.82 Å². The average Bonchev–Trinajstić information content (AvgIpc) is 3.92. The number of aliphatic imine (C=N–C) groups is 1. The van der Waals surface area contributed by atoms with E-state index in [1.807, 2.05) is 61.5 Å². The third-order valence-corrected chi connectivity index (χ3v) is 14.9. The van der Waals surface area contributed by atoms with Crippen LogP contribution in [0, 0.1) is 39.5 Å². The molecule has 0 spiro atoms. The van der Waals surface area contributed by atoms with Gasteiger partial charge in [-0.2, -0.15) is 0 Å². The Balaban J connectivity index is 0.000000206. The molecular weight excluding hydrogens is 1020 g/mol. The number of carbonyl (C=O) groups excluding carboxylic acids is 2. The van der Waals surface area contributed by atoms with E-state index in [4.69, 9.17) is 31.5 Å². The second-order valence-electron chi connectivity index (χ2n) is 19.5. The van der Waals surface area contributed by atoms with E-state index in [1.165, 1.54) is 16.0 Å². The van der Waals surface area contributed by atoms with Crippen LogP contribution in [0.15, 0.2) is 65.7 Å². The summed E-state index contributed by atoms with van der Waals surface area (Å²) in [6.07, 6.45) is 3.06. The smallest absolute Gasteiger partial charge is 0.329 e. The number of amides is 1. The number of ketones is 1. The zero-order valence-electron chi connectivity index (χ0n) is 41.7. The van der Waals surface area contributed by atoms with Gasteiger partial charge in [-0.25, -0.2) is 0 Å². The van der Waals surface area contributed by atoms with Gasteiger partial charge in [0.15, 0.2) is 11.6 Å². The van der Waals surface area contributed by atoms with Gasteiger partial charge in [0.2, 0.25) is 5.91 Å². The maximum Gasteiger partial charge on any atom is 0.329 e. The number of carbonyl (C=O) groups is 2. The molecular formula is C52H67ClIN11O3S. The Bertz CT molecular complexity index is 2780. The van der Waals surface area contributed by atoms with Gasteiger partial charge in [-0.15, -0.1) is 26.2 Å². The predicted octanol–water partition coefficient (Wildman–Crippen LogP) is 5.72. The summed E-state index contributed by atoms with van der Waals surface area (Å²) in [5, 5.41) is 20.2. The first-order valence-corrected chi connectivity index (χ1v) is 25.4. The van der Waals surface area contributed by atoms with Gasteiger partial charge in [0.1, 0.15) is 41.6 Å². The molecule has 0 N–H and O–H groups in total. The number of hydrogen-bond donors (Lipinski definition) is 0. The predicted molar refractivity (Wildman–Crippen MR) is 270 cm³/mol. The molecule has 4 aromatic heterocycles. The van der Waals surface area contributed by atoms with Crippen LogP contribution in [0.25, 0.3) is 10.6 Å². The number of rotatable bonds is 13. The molecule has 3 aliphatic rings. The number of benzene rings is 2. The van der Waals surface area contributed by atoms with E-state index in [2.05, 4.69) is 107 Å². The van der Waals surface area contributed by atoms with Crippen molar-refractivity contribution in [3.8, 4) is 10.8 Å². The number of likely N-dealkylation sites (N-methyl/N-ethyl adjacent to an activating group) is 1. The molecule has 0 radical (unpaired) electrons. The quantitative estimate of drug-likeness (QED) is 0.106. The number of ether oxygens (including phenoxy) is 1. The first-order valence-electron chi connectivity index (χ1n) is 24.2. The van der Waals surface area contributed by atoms with Gasteiger partial charge in [0, 0.05) is 86.6 Å². The molecule has 0 aliphatic carbocycles. The minimum Gasteiger partial charge on any atom is -1.00 e. The first kappa shape index (κ1) is 52.1. The zero-order valence-corrected chi connectivity index (χ0v) is 45.5. The standard InChI is InChI=1S/C29H42N7O2.C23H25ClN4OS.HI/c1-21(2)20-35-28-11-10-27(31-36(28)23(4)30-35)34-14-12-25(13-15-34)24-6-8-26(9-7-24)38-19-18-33-17-16-32(5)29(37)22(33)3;1-12(2)10-18(29)11-19-22-27-26-15(5)28(22)23-20(13(3)14(4)30-23)21(25-19)16-6-8-17(24)9-7-16;/h6-11,21-22,25H,12-20H2,1-5H3;6-9,12,19H,10-11H2,1-5H3;1H/q+1;;/p-1/t22-;19-;/m00./s1. The van der Waals surface area contributed by atoms with E-state index >= 15 is 0 Å². The SMILES string of the molecule is Cc1n[n+](CC(C)C)c2ccc(N3CCC(c4ccc(OCCN5CCN(C)C(=O)[C@@H]5C)cc4)CC3)nn12.Cc1sc2c(c1C)C(c1ccc(Cl)cc1)=N[C@@H](CC(=O)CC(C)C)c1nnc(C)n1-2.[I-]. The molecule has 2 atom stereocenters. The number of piperazine rings is 1. The van der Waals surface area contributed by atoms with Crippen LogP contribution in [-0.2, 0) is 16.1 Å². The molecule has 2 fully saturated rings. The largest absolute Gasteiger partial charge is 1.00 e. The Morgan fingerprint density at radius 1 is 0.899 bits per heavy atom. The number of aromatic nitrogens is 7. The van der Waals surface area contributed by atoms with E-state index in [1.54, 1.807) is 11.3 Å². The third kappa shape index (κ3) is 11.7. The lowest BCUT2D eigenvalue weighted by Crippen LogP contribution is -3.00. The van der Waals surface area contributed by atoms with Gasteiger partial charge in [-0.1, -0.05) is 73.2 Å². The van der Waals surface area contributed by atoms with Crippen molar-refractivity contribution in [1.82, 2.24) is 39.3 Å². The Labute approximate surface area is 433 Å². The van der Waals surface area contributed by atoms with Gasteiger partial charge in [0.05, 0.1) is 11.8 Å². The highest BCUT2D eigenvalue weighted by Gasteiger charge is 2.33. The van der Waals surface area contributed by atoms with Crippen molar-refractivity contribution in [3.05, 3.63) is 110 Å². The lowest BCUT2D eigenvalue weighted by atomic mass is 9.89. The second-order valence-corrected chi connectivity index (χ2v) is 21.1. The molecule has 17 heteroatoms. The van der Waals surface area contributed by atoms with E-state index in [0.29, 0.717) is 42.2 Å². The topological polar surface area (TPSA) is 130 Å². The fourth-order valence-corrected chi connectivity index (χ4v) is 10.9. The maximum absolute atomic E-state index is 12.7. The number of piperidine rings is 1. The lowest BCUT2D eigenvalue weighted by molar-refractivity contribution is -0.733. The summed E-state index contributed by atoms with van der Waals surface area (Å²) in [5.41, 5.74) is 6.57. The first-order chi connectivity index (χ1) is 32.6. The number of nitrogens with zero attached hydrogens (tertiary/aromatic N) is 11. The highest BCUT2D eigenvalue weighted by atomic mass is 127. The Morgan fingerprint density at radius 2 is 1.61 bits per heavy atom. The number of anilines is 1. The van der Waals surface area contributed by atoms with Crippen LogP contribution < -0.4 is 38.3 Å². The highest BCUT2D eigenvalue weighted by molar-refractivity contribution is 7.15. The highest BCUT2D eigenvalue weighted by Crippen LogP contribution is 2.40. The zero-order chi connectivity index (χ0) is 48.4. The third-order valence-electron chi connectivity index (χ3n) is 13.4. The molecule has 2 aromatic carbocycles. The van der Waals surface area contributed by atoms with Crippen molar-refractivity contribution in [1.29, 1.82) is 0 Å². The number of thiophene rings is 1. The minimum absolute atomic E-state index is 0. The summed E-state index contributed by atoms with van der Waals surface area (Å²) in [7, 11) is 1.87. The monoisotopic (exact) mass is 1090 g/mol. The summed E-state index contributed by atoms with van der Waals surface area (Å²) in [6, 6.07) is 20.2. The molecule has 0 bridgehead atoms. The number of hydrogen-bond acceptors (Lipinski definition) is 11. The summed E-state index contributed by atoms with van der Waals surface area (Å²) in [6.45, 7) is 24.6. The van der Waals surface area contributed by atoms with Crippen molar-refractivity contribution in [2.45, 2.75) is 113 Å². The second kappa shape index (κ2) is 22.5. The van der Waals surface area contributed by atoms with Crippen molar-refractivity contribution in [3.63, 3.8) is 0 Å². The Hall–Kier alpha value is -4.78. The fourth-order valence-electron chi connectivity index (χ4n) is 9.57. The molecule has 1 amide bonds. The summed E-state index contributed by atoms with van der Waals surface area (Å²) < 4.78 is 12.1. The van der Waals surface area contributed by atoms with E-state index in [9.17, 15) is 9.59 Å². The molecule has 6 aromatic rings. The summed E-state index contributed by atoms with van der Waals surface area (Å²) in [5.74, 6) is 6.15. The van der Waals surface area contributed by atoms with Crippen LogP contribution in [0.2, 0.25) is 5.02 Å². The van der Waals surface area contributed by atoms with Crippen LogP contribution in [0.3, 0.4) is 0 Å². The summed E-state index contributed by atoms with van der Waals surface area (Å²) >= 11 is 7.85. The Kier molecular flexibility index (Phi) is 17.0. The molecule has 368 valence electrons. The van der Waals surface area contributed by atoms with Crippen LogP contribution in [-0.4, -0.2) is 109 Å². The minimum atomic E-state index is -0.373.